The van der Waals surface area contributed by atoms with Gasteiger partial charge in [0.15, 0.2) is 5.60 Å². The molecule has 254 valence electrons. The molecule has 1 fully saturated rings. The van der Waals surface area contributed by atoms with Gasteiger partial charge in [-0.3, -0.25) is 4.90 Å². The molecular formula is C34H29ClF6N2O5. The summed E-state index contributed by atoms with van der Waals surface area (Å²) in [7, 11) is 2.71. The fourth-order valence-corrected chi connectivity index (χ4v) is 6.13. The number of allylic oxidation sites excluding steroid dienone is 2. The molecule has 7 nitrogen and oxygen atoms in total. The van der Waals surface area contributed by atoms with Gasteiger partial charge in [0, 0.05) is 19.1 Å². The summed E-state index contributed by atoms with van der Waals surface area (Å²) in [4.78, 5) is 31.1. The zero-order valence-electron chi connectivity index (χ0n) is 26.0. The first kappa shape index (κ1) is 35.0. The molecule has 0 N–H and O–H groups in total. The van der Waals surface area contributed by atoms with Gasteiger partial charge in [-0.25, -0.2) is 14.6 Å². The molecule has 3 aromatic rings. The van der Waals surface area contributed by atoms with Crippen molar-refractivity contribution in [2.45, 2.75) is 56.9 Å². The zero-order chi connectivity index (χ0) is 35.2. The van der Waals surface area contributed by atoms with E-state index in [2.05, 4.69) is 4.98 Å². The highest BCUT2D eigenvalue weighted by Gasteiger charge is 2.44. The molecule has 1 unspecified atom stereocenters. The van der Waals surface area contributed by atoms with Crippen LogP contribution in [-0.4, -0.2) is 47.8 Å². The number of methoxy groups -OCH3 is 2. The first-order valence-electron chi connectivity index (χ1n) is 14.5. The second-order valence-electron chi connectivity index (χ2n) is 11.5. The number of rotatable bonds is 7. The molecule has 1 aliphatic carbocycles. The molecule has 0 bridgehead atoms. The van der Waals surface area contributed by atoms with Crippen molar-refractivity contribution < 1.29 is 50.1 Å². The lowest BCUT2D eigenvalue weighted by molar-refractivity contribution is -0.160. The molecule has 1 aliphatic heterocycles. The molecule has 2 aromatic carbocycles. The molecular weight excluding hydrogens is 666 g/mol. The minimum absolute atomic E-state index is 0.0206. The van der Waals surface area contributed by atoms with Gasteiger partial charge < -0.3 is 14.2 Å². The maximum absolute atomic E-state index is 13.5. The van der Waals surface area contributed by atoms with Gasteiger partial charge in [0.2, 0.25) is 0 Å². The van der Waals surface area contributed by atoms with E-state index in [0.29, 0.717) is 29.0 Å². The van der Waals surface area contributed by atoms with Crippen LogP contribution in [0.1, 0.15) is 54.3 Å². The Morgan fingerprint density at radius 2 is 1.67 bits per heavy atom. The van der Waals surface area contributed by atoms with Gasteiger partial charge in [-0.15, -0.1) is 0 Å². The van der Waals surface area contributed by atoms with Crippen LogP contribution in [0, 0.1) is 0 Å². The zero-order valence-corrected chi connectivity index (χ0v) is 26.8. The molecule has 5 rings (SSSR count). The van der Waals surface area contributed by atoms with E-state index in [0.717, 1.165) is 16.7 Å². The van der Waals surface area contributed by atoms with Crippen molar-refractivity contribution in [3.05, 3.63) is 105 Å². The average Bonchev–Trinajstić information content (AvgIpc) is 3.31. The highest BCUT2D eigenvalue weighted by molar-refractivity contribution is 6.29. The third-order valence-electron chi connectivity index (χ3n) is 8.48. The second kappa shape index (κ2) is 12.9. The predicted molar refractivity (Wildman–Crippen MR) is 163 cm³/mol. The monoisotopic (exact) mass is 694 g/mol. The van der Waals surface area contributed by atoms with E-state index in [1.807, 2.05) is 31.2 Å². The van der Waals surface area contributed by atoms with Crippen LogP contribution >= 0.6 is 11.6 Å². The van der Waals surface area contributed by atoms with Gasteiger partial charge in [-0.05, 0) is 78.6 Å². The fraction of sp³-hybridized carbons (Fsp3) is 0.324. The summed E-state index contributed by atoms with van der Waals surface area (Å²) in [5, 5.41) is 0.0989. The molecule has 1 aromatic heterocycles. The Labute approximate surface area is 276 Å². The van der Waals surface area contributed by atoms with Crippen LogP contribution in [0.5, 0.6) is 0 Å². The van der Waals surface area contributed by atoms with Crippen LogP contribution in [0.2, 0.25) is 5.15 Å². The average molecular weight is 695 g/mol. The predicted octanol–water partition coefficient (Wildman–Crippen LogP) is 8.81. The normalized spacial score (nSPS) is 21.5. The van der Waals surface area contributed by atoms with Crippen molar-refractivity contribution in [2.24, 2.45) is 0 Å². The third kappa shape index (κ3) is 6.79. The summed E-state index contributed by atoms with van der Waals surface area (Å²) in [6.45, 7) is 3.13. The standard InChI is InChI=1S/C34H29ClF6N2O5/c1-18-16-32(47-4,30(44)46-3)11-10-25(18)20-6-5-7-21(12-20)26-8-9-28(35)42-27(26)17-43-19(2)29(48-31(43)45)22-13-23(33(36,37)38)15-24(14-22)34(39,40)41/h5-15,19,29H,16-17H2,1-4H3/t19-,29-,32?/m0/s1. The number of alkyl halides is 6. The van der Waals surface area contributed by atoms with E-state index in [-0.39, 0.29) is 24.2 Å². The van der Waals surface area contributed by atoms with Crippen LogP contribution in [0.4, 0.5) is 31.1 Å². The first-order valence-corrected chi connectivity index (χ1v) is 14.9. The Hall–Kier alpha value is -4.36. The highest BCUT2D eigenvalue weighted by Crippen LogP contribution is 2.42. The largest absolute Gasteiger partial charge is 0.467 e. The number of benzene rings is 2. The summed E-state index contributed by atoms with van der Waals surface area (Å²) in [6.07, 6.45) is -8.82. The number of ether oxygens (including phenoxy) is 3. The van der Waals surface area contributed by atoms with Crippen molar-refractivity contribution in [1.82, 2.24) is 9.88 Å². The lowest BCUT2D eigenvalue weighted by Crippen LogP contribution is -2.41. The molecule has 2 aliphatic rings. The molecule has 48 heavy (non-hydrogen) atoms. The highest BCUT2D eigenvalue weighted by atomic mass is 35.5. The molecule has 1 saturated heterocycles. The summed E-state index contributed by atoms with van der Waals surface area (Å²) < 4.78 is 97.0. The molecule has 0 saturated carbocycles. The van der Waals surface area contributed by atoms with Crippen LogP contribution in [0.15, 0.2) is 72.3 Å². The van der Waals surface area contributed by atoms with E-state index in [9.17, 15) is 35.9 Å². The number of hydrogen-bond donors (Lipinski definition) is 0. The molecule has 0 radical (unpaired) electrons. The Bertz CT molecular complexity index is 1790. The Morgan fingerprint density at radius 1 is 1.02 bits per heavy atom. The number of cyclic esters (lactones) is 1. The van der Waals surface area contributed by atoms with Crippen LogP contribution in [0.3, 0.4) is 0 Å². The minimum Gasteiger partial charge on any atom is -0.467 e. The summed E-state index contributed by atoms with van der Waals surface area (Å²) in [5.74, 6) is -0.531. The molecule has 14 heteroatoms. The van der Waals surface area contributed by atoms with Crippen LogP contribution < -0.4 is 0 Å². The van der Waals surface area contributed by atoms with Gasteiger partial charge in [-0.2, -0.15) is 26.3 Å². The van der Waals surface area contributed by atoms with E-state index in [1.54, 1.807) is 24.3 Å². The van der Waals surface area contributed by atoms with E-state index in [1.165, 1.54) is 26.0 Å². The molecule has 0 spiro atoms. The number of hydrogen-bond acceptors (Lipinski definition) is 6. The summed E-state index contributed by atoms with van der Waals surface area (Å²) in [5.41, 5.74) is -0.643. The lowest BCUT2D eigenvalue weighted by atomic mass is 9.83. The number of esters is 1. The lowest BCUT2D eigenvalue weighted by Gasteiger charge is -2.30. The third-order valence-corrected chi connectivity index (χ3v) is 8.69. The van der Waals surface area contributed by atoms with Crippen molar-refractivity contribution in [2.75, 3.05) is 14.2 Å². The van der Waals surface area contributed by atoms with Gasteiger partial charge in [0.25, 0.3) is 0 Å². The smallest absolute Gasteiger partial charge is 0.416 e. The van der Waals surface area contributed by atoms with Crippen molar-refractivity contribution in [3.63, 3.8) is 0 Å². The Kier molecular flexibility index (Phi) is 9.41. The Balaban J connectivity index is 1.46. The van der Waals surface area contributed by atoms with Crippen LogP contribution in [0.25, 0.3) is 16.7 Å². The first-order chi connectivity index (χ1) is 22.5. The maximum Gasteiger partial charge on any atom is 0.416 e. The number of aromatic nitrogens is 1. The number of pyridine rings is 1. The van der Waals surface area contributed by atoms with Crippen molar-refractivity contribution in [3.8, 4) is 11.1 Å². The maximum atomic E-state index is 13.5. The van der Waals surface area contributed by atoms with Gasteiger partial charge in [0.1, 0.15) is 11.3 Å². The minimum atomic E-state index is -5.06. The summed E-state index contributed by atoms with van der Waals surface area (Å²) in [6, 6.07) is 10.8. The number of carbonyl (C=O) groups is 2. The van der Waals surface area contributed by atoms with Crippen LogP contribution in [-0.2, 0) is 37.9 Å². The van der Waals surface area contributed by atoms with E-state index >= 15 is 0 Å². The second-order valence-corrected chi connectivity index (χ2v) is 11.9. The number of amides is 1. The summed E-state index contributed by atoms with van der Waals surface area (Å²) >= 11 is 6.23. The Morgan fingerprint density at radius 3 is 2.25 bits per heavy atom. The molecule has 3 atom stereocenters. The molecule has 2 heterocycles. The fourth-order valence-electron chi connectivity index (χ4n) is 5.96. The van der Waals surface area contributed by atoms with Gasteiger partial charge in [-0.1, -0.05) is 41.4 Å². The van der Waals surface area contributed by atoms with Gasteiger partial charge in [0.05, 0.1) is 36.5 Å². The quantitative estimate of drug-likeness (QED) is 0.140. The van der Waals surface area contributed by atoms with E-state index < -0.39 is 58.9 Å². The number of halogens is 7. The van der Waals surface area contributed by atoms with Crippen molar-refractivity contribution in [1.29, 1.82) is 0 Å². The SMILES string of the molecule is COC(=O)C1(OC)C=CC(c2cccc(-c3ccc(Cl)nc3CN3C(=O)O[C@H](c4cc(C(F)(F)F)cc(C(F)(F)F)c4)[C@@H]3C)c2)=C(C)C1. The number of nitrogens with zero attached hydrogens (tertiary/aromatic N) is 2. The van der Waals surface area contributed by atoms with Crippen molar-refractivity contribution >= 4 is 29.2 Å². The molecule has 1 amide bonds. The topological polar surface area (TPSA) is 78.0 Å². The van der Waals surface area contributed by atoms with E-state index in [4.69, 9.17) is 25.8 Å². The number of carbonyl (C=O) groups excluding carboxylic acids is 2. The van der Waals surface area contributed by atoms with Gasteiger partial charge >= 0.3 is 24.4 Å².